The molecule has 1 saturated heterocycles. The van der Waals surface area contributed by atoms with E-state index >= 15 is 0 Å². The number of fused-ring (bicyclic) bond motifs is 1. The van der Waals surface area contributed by atoms with E-state index in [9.17, 15) is 9.90 Å². The van der Waals surface area contributed by atoms with Gasteiger partial charge in [0.05, 0.1) is 6.10 Å². The predicted octanol–water partition coefficient (Wildman–Crippen LogP) is 3.15. The summed E-state index contributed by atoms with van der Waals surface area (Å²) in [4.78, 5) is 20.9. The number of nitrogens with one attached hydrogen (secondary N) is 1. The largest absolute Gasteiger partial charge is 0.391 e. The van der Waals surface area contributed by atoms with E-state index in [2.05, 4.69) is 35.9 Å². The lowest BCUT2D eigenvalue weighted by atomic mass is 9.91. The van der Waals surface area contributed by atoms with Gasteiger partial charge in [-0.3, -0.25) is 9.69 Å². The van der Waals surface area contributed by atoms with Gasteiger partial charge in [0.2, 0.25) is 0 Å². The first-order valence-corrected chi connectivity index (χ1v) is 10.3. The molecule has 2 N–H and O–H groups in total. The molecule has 4 rings (SSSR count). The highest BCUT2D eigenvalue weighted by molar-refractivity contribution is 6.02. The van der Waals surface area contributed by atoms with Crippen LogP contribution in [0.1, 0.15) is 52.9 Å². The van der Waals surface area contributed by atoms with Gasteiger partial charge in [-0.05, 0) is 50.3 Å². The zero-order valence-electron chi connectivity index (χ0n) is 16.7. The van der Waals surface area contributed by atoms with Crippen molar-refractivity contribution in [1.29, 1.82) is 0 Å². The molecular formula is C22H31N3O2. The molecule has 1 aliphatic heterocycles. The first-order valence-electron chi connectivity index (χ1n) is 10.3. The van der Waals surface area contributed by atoms with E-state index < -0.39 is 0 Å². The standard InChI is InChI=1S/C22H31N3O2/c1-14-8-9-15(2)20-19(14)16(3)21(23-20)22(27)25-12-10-24(11-13-25)17-6-4-5-7-18(17)26/h8-9,17-18,23,26H,4-7,10-13H2,1-3H3/t17-,18-/m0/s1. The highest BCUT2D eigenvalue weighted by Gasteiger charge is 2.32. The lowest BCUT2D eigenvalue weighted by molar-refractivity contribution is -0.00182. The number of aliphatic hydroxyl groups excluding tert-OH is 1. The minimum Gasteiger partial charge on any atom is -0.391 e. The van der Waals surface area contributed by atoms with Crippen LogP contribution < -0.4 is 0 Å². The second-order valence-corrected chi connectivity index (χ2v) is 8.32. The van der Waals surface area contributed by atoms with E-state index in [4.69, 9.17) is 0 Å². The number of aromatic amines is 1. The van der Waals surface area contributed by atoms with Crippen molar-refractivity contribution in [3.05, 3.63) is 34.5 Å². The molecule has 2 heterocycles. The highest BCUT2D eigenvalue weighted by atomic mass is 16.3. The molecule has 1 amide bonds. The molecule has 2 aliphatic rings. The fraction of sp³-hybridized carbons (Fsp3) is 0.591. The van der Waals surface area contributed by atoms with Gasteiger partial charge in [0.1, 0.15) is 5.69 Å². The van der Waals surface area contributed by atoms with Crippen LogP contribution >= 0.6 is 0 Å². The van der Waals surface area contributed by atoms with Crippen molar-refractivity contribution in [2.45, 2.75) is 58.6 Å². The minimum absolute atomic E-state index is 0.103. The Hall–Kier alpha value is -1.85. The molecule has 2 atom stereocenters. The van der Waals surface area contributed by atoms with Crippen molar-refractivity contribution in [2.75, 3.05) is 26.2 Å². The summed E-state index contributed by atoms with van der Waals surface area (Å²) in [5.41, 5.74) is 5.25. The van der Waals surface area contributed by atoms with Gasteiger partial charge in [0.25, 0.3) is 5.91 Å². The average molecular weight is 370 g/mol. The lowest BCUT2D eigenvalue weighted by Gasteiger charge is -2.42. The summed E-state index contributed by atoms with van der Waals surface area (Å²) in [6, 6.07) is 4.51. The van der Waals surface area contributed by atoms with E-state index in [0.29, 0.717) is 0 Å². The average Bonchev–Trinajstić information content (AvgIpc) is 3.03. The summed E-state index contributed by atoms with van der Waals surface area (Å²) in [5, 5.41) is 11.5. The molecule has 1 aromatic heterocycles. The number of hydrogen-bond acceptors (Lipinski definition) is 3. The molecule has 2 fully saturated rings. The van der Waals surface area contributed by atoms with Crippen LogP contribution in [0.5, 0.6) is 0 Å². The summed E-state index contributed by atoms with van der Waals surface area (Å²) in [7, 11) is 0. The van der Waals surface area contributed by atoms with E-state index in [1.807, 2.05) is 11.8 Å². The number of benzene rings is 1. The van der Waals surface area contributed by atoms with Crippen molar-refractivity contribution >= 4 is 16.8 Å². The molecule has 2 aromatic rings. The SMILES string of the molecule is Cc1ccc(C)c2c(C)c(C(=O)N3CCN([C@H]4CCCC[C@@H]4O)CC3)[nH]c12. The Bertz CT molecular complexity index is 849. The summed E-state index contributed by atoms with van der Waals surface area (Å²) in [6.45, 7) is 9.40. The van der Waals surface area contributed by atoms with Gasteiger partial charge in [-0.1, -0.05) is 25.0 Å². The summed E-state index contributed by atoms with van der Waals surface area (Å²) in [6.07, 6.45) is 4.12. The molecule has 27 heavy (non-hydrogen) atoms. The van der Waals surface area contributed by atoms with Crippen LogP contribution in [0.2, 0.25) is 0 Å². The van der Waals surface area contributed by atoms with E-state index in [-0.39, 0.29) is 18.1 Å². The zero-order valence-corrected chi connectivity index (χ0v) is 16.7. The quantitative estimate of drug-likeness (QED) is 0.855. The van der Waals surface area contributed by atoms with Crippen LogP contribution in [-0.4, -0.2) is 64.1 Å². The maximum Gasteiger partial charge on any atom is 0.270 e. The van der Waals surface area contributed by atoms with Gasteiger partial charge in [0.15, 0.2) is 0 Å². The number of amides is 1. The van der Waals surface area contributed by atoms with Crippen LogP contribution in [0.15, 0.2) is 12.1 Å². The first-order chi connectivity index (χ1) is 13.0. The molecule has 1 saturated carbocycles. The normalized spacial score (nSPS) is 24.5. The van der Waals surface area contributed by atoms with Crippen LogP contribution in [0.3, 0.4) is 0 Å². The second-order valence-electron chi connectivity index (χ2n) is 8.32. The fourth-order valence-electron chi connectivity index (χ4n) is 4.95. The Morgan fingerprint density at radius 3 is 2.37 bits per heavy atom. The minimum atomic E-state index is -0.206. The summed E-state index contributed by atoms with van der Waals surface area (Å²) in [5.74, 6) is 0.103. The van der Waals surface area contributed by atoms with Crippen molar-refractivity contribution in [1.82, 2.24) is 14.8 Å². The number of aliphatic hydroxyl groups is 1. The molecule has 0 bridgehead atoms. The van der Waals surface area contributed by atoms with Crippen molar-refractivity contribution < 1.29 is 9.90 Å². The third-order valence-corrected chi connectivity index (χ3v) is 6.60. The Morgan fingerprint density at radius 2 is 1.70 bits per heavy atom. The lowest BCUT2D eigenvalue weighted by Crippen LogP contribution is -2.55. The summed E-state index contributed by atoms with van der Waals surface area (Å²) < 4.78 is 0. The van der Waals surface area contributed by atoms with E-state index in [1.54, 1.807) is 0 Å². The Morgan fingerprint density at radius 1 is 1.04 bits per heavy atom. The number of hydrogen-bond donors (Lipinski definition) is 2. The van der Waals surface area contributed by atoms with Gasteiger partial charge in [0, 0.05) is 43.1 Å². The third kappa shape index (κ3) is 3.27. The Balaban J connectivity index is 1.50. The monoisotopic (exact) mass is 369 g/mol. The van der Waals surface area contributed by atoms with Crippen molar-refractivity contribution in [3.63, 3.8) is 0 Å². The van der Waals surface area contributed by atoms with Gasteiger partial charge >= 0.3 is 0 Å². The number of H-pyrrole nitrogens is 1. The molecule has 0 unspecified atom stereocenters. The van der Waals surface area contributed by atoms with Gasteiger partial charge < -0.3 is 15.0 Å². The number of aromatic nitrogens is 1. The van der Waals surface area contributed by atoms with E-state index in [1.165, 1.54) is 22.9 Å². The molecule has 5 heteroatoms. The van der Waals surface area contributed by atoms with Crippen LogP contribution in [0.25, 0.3) is 10.9 Å². The maximum atomic E-state index is 13.2. The van der Waals surface area contributed by atoms with Gasteiger partial charge in [-0.25, -0.2) is 0 Å². The number of rotatable bonds is 2. The van der Waals surface area contributed by atoms with Crippen LogP contribution in [0.4, 0.5) is 0 Å². The molecule has 1 aliphatic carbocycles. The molecule has 146 valence electrons. The number of nitrogens with zero attached hydrogens (tertiary/aromatic N) is 2. The molecule has 0 radical (unpaired) electrons. The van der Waals surface area contributed by atoms with Gasteiger partial charge in [-0.2, -0.15) is 0 Å². The zero-order chi connectivity index (χ0) is 19.1. The second kappa shape index (κ2) is 7.28. The smallest absolute Gasteiger partial charge is 0.270 e. The molecule has 0 spiro atoms. The number of carbonyl (C=O) groups excluding carboxylic acids is 1. The van der Waals surface area contributed by atoms with E-state index in [0.717, 1.165) is 62.2 Å². The molecular weight excluding hydrogens is 338 g/mol. The highest BCUT2D eigenvalue weighted by Crippen LogP contribution is 2.29. The fourth-order valence-corrected chi connectivity index (χ4v) is 4.95. The maximum absolute atomic E-state index is 13.2. The number of piperazine rings is 1. The van der Waals surface area contributed by atoms with Gasteiger partial charge in [-0.15, -0.1) is 0 Å². The Kier molecular flexibility index (Phi) is 4.99. The number of carbonyl (C=O) groups is 1. The van der Waals surface area contributed by atoms with Crippen molar-refractivity contribution in [2.24, 2.45) is 0 Å². The first kappa shape index (κ1) is 18.5. The number of aryl methyl sites for hydroxylation is 3. The van der Waals surface area contributed by atoms with Crippen LogP contribution in [0, 0.1) is 20.8 Å². The van der Waals surface area contributed by atoms with Crippen molar-refractivity contribution in [3.8, 4) is 0 Å². The predicted molar refractivity (Wildman–Crippen MR) is 108 cm³/mol. The molecule has 1 aromatic carbocycles. The third-order valence-electron chi connectivity index (χ3n) is 6.60. The van der Waals surface area contributed by atoms with Crippen LogP contribution in [-0.2, 0) is 0 Å². The molecule has 5 nitrogen and oxygen atoms in total. The summed E-state index contributed by atoms with van der Waals surface area (Å²) >= 11 is 0. The topological polar surface area (TPSA) is 59.6 Å². The Labute approximate surface area is 161 Å².